The van der Waals surface area contributed by atoms with E-state index in [0.717, 1.165) is 49.4 Å². The van der Waals surface area contributed by atoms with E-state index in [-0.39, 0.29) is 6.54 Å². The molecule has 1 aliphatic rings. The van der Waals surface area contributed by atoms with E-state index in [9.17, 15) is 13.2 Å². The minimum atomic E-state index is -4.40. The van der Waals surface area contributed by atoms with Crippen LogP contribution in [-0.4, -0.2) is 73.1 Å². The molecule has 0 spiro atoms. The highest BCUT2D eigenvalue weighted by molar-refractivity contribution is 7.09. The van der Waals surface area contributed by atoms with Gasteiger partial charge in [-0.15, -0.1) is 11.3 Å². The third-order valence-corrected chi connectivity index (χ3v) is 5.12. The molecular formula is C16H27F3N6S. The number of aliphatic imine (C=N–C) groups is 1. The third kappa shape index (κ3) is 6.40. The van der Waals surface area contributed by atoms with Gasteiger partial charge in [0.05, 0.1) is 6.54 Å². The predicted molar refractivity (Wildman–Crippen MR) is 98.5 cm³/mol. The zero-order chi connectivity index (χ0) is 19.2. The van der Waals surface area contributed by atoms with Crippen molar-refractivity contribution < 1.29 is 13.2 Å². The van der Waals surface area contributed by atoms with Gasteiger partial charge in [-0.25, -0.2) is 9.98 Å². The Morgan fingerprint density at radius 2 is 2.00 bits per heavy atom. The van der Waals surface area contributed by atoms with Crippen LogP contribution in [0, 0.1) is 0 Å². The molecule has 0 aliphatic carbocycles. The molecule has 1 unspecified atom stereocenters. The second-order valence-electron chi connectivity index (χ2n) is 6.39. The molecule has 1 atom stereocenters. The Morgan fingerprint density at radius 1 is 1.31 bits per heavy atom. The van der Waals surface area contributed by atoms with E-state index in [4.69, 9.17) is 0 Å². The molecule has 1 saturated heterocycles. The van der Waals surface area contributed by atoms with E-state index in [1.807, 2.05) is 6.92 Å². The summed E-state index contributed by atoms with van der Waals surface area (Å²) in [6.07, 6.45) is -4.40. The molecule has 1 aromatic rings. The van der Waals surface area contributed by atoms with Gasteiger partial charge in [-0.3, -0.25) is 4.90 Å². The van der Waals surface area contributed by atoms with E-state index in [1.165, 1.54) is 0 Å². The first kappa shape index (κ1) is 20.9. The highest BCUT2D eigenvalue weighted by Gasteiger charge is 2.33. The van der Waals surface area contributed by atoms with Crippen molar-refractivity contribution in [1.82, 2.24) is 25.4 Å². The van der Waals surface area contributed by atoms with Crippen LogP contribution in [0.3, 0.4) is 0 Å². The summed E-state index contributed by atoms with van der Waals surface area (Å²) in [5.74, 6) is 0.595. The molecule has 26 heavy (non-hydrogen) atoms. The molecule has 0 amide bonds. The van der Waals surface area contributed by atoms with E-state index in [1.54, 1.807) is 0 Å². The molecular weight excluding hydrogens is 365 g/mol. The van der Waals surface area contributed by atoms with Gasteiger partial charge >= 0.3 is 6.18 Å². The standard InChI is InChI=1S/C16H27F3N6S/c1-4-20-15(21-9-12(2)25-7-5-24(3)6-8-25)22-10-14-23-13(11-26-14)16(17,18)19/h11-12H,4-10H2,1-3H3,(H2,20,21,22). The number of hydrogen-bond acceptors (Lipinski definition) is 5. The Balaban J connectivity index is 1.87. The second-order valence-corrected chi connectivity index (χ2v) is 7.33. The molecule has 2 rings (SSSR count). The van der Waals surface area contributed by atoms with Crippen molar-refractivity contribution in [1.29, 1.82) is 0 Å². The van der Waals surface area contributed by atoms with Crippen LogP contribution in [0.4, 0.5) is 13.2 Å². The number of hydrogen-bond donors (Lipinski definition) is 2. The third-order valence-electron chi connectivity index (χ3n) is 4.28. The molecule has 0 bridgehead atoms. The average Bonchev–Trinajstić information content (AvgIpc) is 3.07. The van der Waals surface area contributed by atoms with Crippen molar-refractivity contribution in [3.63, 3.8) is 0 Å². The van der Waals surface area contributed by atoms with Crippen molar-refractivity contribution in [2.24, 2.45) is 4.99 Å². The van der Waals surface area contributed by atoms with E-state index in [2.05, 4.69) is 44.4 Å². The normalized spacial score (nSPS) is 18.8. The van der Waals surface area contributed by atoms with Crippen molar-refractivity contribution in [3.8, 4) is 0 Å². The topological polar surface area (TPSA) is 55.8 Å². The molecule has 1 fully saturated rings. The number of rotatable bonds is 6. The van der Waals surface area contributed by atoms with Gasteiger partial charge in [-0.2, -0.15) is 13.2 Å². The molecule has 0 radical (unpaired) electrons. The van der Waals surface area contributed by atoms with Crippen LogP contribution >= 0.6 is 11.3 Å². The minimum absolute atomic E-state index is 0.124. The van der Waals surface area contributed by atoms with Crippen LogP contribution in [0.25, 0.3) is 0 Å². The first-order valence-electron chi connectivity index (χ1n) is 8.76. The van der Waals surface area contributed by atoms with Gasteiger partial charge < -0.3 is 15.5 Å². The Kier molecular flexibility index (Phi) is 7.66. The molecule has 0 saturated carbocycles. The van der Waals surface area contributed by atoms with Gasteiger partial charge in [0.15, 0.2) is 11.7 Å². The molecule has 1 aliphatic heterocycles. The monoisotopic (exact) mass is 392 g/mol. The zero-order valence-electron chi connectivity index (χ0n) is 15.4. The van der Waals surface area contributed by atoms with Gasteiger partial charge in [0.25, 0.3) is 0 Å². The van der Waals surface area contributed by atoms with Crippen molar-refractivity contribution in [2.45, 2.75) is 32.6 Å². The lowest BCUT2D eigenvalue weighted by atomic mass is 10.2. The fourth-order valence-corrected chi connectivity index (χ4v) is 3.36. The van der Waals surface area contributed by atoms with Crippen LogP contribution in [0.1, 0.15) is 24.5 Å². The van der Waals surface area contributed by atoms with E-state index in [0.29, 0.717) is 23.6 Å². The largest absolute Gasteiger partial charge is 0.434 e. The van der Waals surface area contributed by atoms with Crippen molar-refractivity contribution >= 4 is 17.3 Å². The maximum absolute atomic E-state index is 12.6. The Bertz CT molecular complexity index is 581. The van der Waals surface area contributed by atoms with Gasteiger partial charge in [-0.05, 0) is 20.9 Å². The Labute approximate surface area is 156 Å². The van der Waals surface area contributed by atoms with Crippen LogP contribution in [0.2, 0.25) is 0 Å². The van der Waals surface area contributed by atoms with Gasteiger partial charge in [0, 0.05) is 50.7 Å². The van der Waals surface area contributed by atoms with Crippen LogP contribution < -0.4 is 10.6 Å². The van der Waals surface area contributed by atoms with Gasteiger partial charge in [-0.1, -0.05) is 0 Å². The molecule has 2 N–H and O–H groups in total. The lowest BCUT2D eigenvalue weighted by Gasteiger charge is -2.36. The lowest BCUT2D eigenvalue weighted by Crippen LogP contribution is -2.52. The first-order valence-corrected chi connectivity index (χ1v) is 9.64. The van der Waals surface area contributed by atoms with E-state index >= 15 is 0 Å². The number of aromatic nitrogens is 1. The first-order chi connectivity index (χ1) is 12.3. The summed E-state index contributed by atoms with van der Waals surface area (Å²) in [6.45, 7) is 9.83. The molecule has 10 heteroatoms. The summed E-state index contributed by atoms with van der Waals surface area (Å²) < 4.78 is 37.8. The fourth-order valence-electron chi connectivity index (χ4n) is 2.64. The summed E-state index contributed by atoms with van der Waals surface area (Å²) in [5.41, 5.74) is -0.852. The summed E-state index contributed by atoms with van der Waals surface area (Å²) in [4.78, 5) is 12.7. The number of nitrogens with zero attached hydrogens (tertiary/aromatic N) is 4. The minimum Gasteiger partial charge on any atom is -0.357 e. The SMILES string of the molecule is CCNC(=NCc1nc(C(F)(F)F)cs1)NCC(C)N1CCN(C)CC1. The molecule has 148 valence electrons. The number of likely N-dealkylation sites (N-methyl/N-ethyl adjacent to an activating group) is 1. The summed E-state index contributed by atoms with van der Waals surface area (Å²) in [7, 11) is 2.12. The quantitative estimate of drug-likeness (QED) is 0.572. The van der Waals surface area contributed by atoms with Crippen LogP contribution in [0.5, 0.6) is 0 Å². The number of halogens is 3. The van der Waals surface area contributed by atoms with Gasteiger partial charge in [0.1, 0.15) is 5.01 Å². The molecule has 1 aromatic heterocycles. The average molecular weight is 392 g/mol. The highest BCUT2D eigenvalue weighted by atomic mass is 32.1. The summed E-state index contributed by atoms with van der Waals surface area (Å²) in [5, 5.41) is 7.77. The van der Waals surface area contributed by atoms with E-state index < -0.39 is 11.9 Å². The number of alkyl halides is 3. The second kappa shape index (κ2) is 9.52. The van der Waals surface area contributed by atoms with Gasteiger partial charge in [0.2, 0.25) is 0 Å². The van der Waals surface area contributed by atoms with Crippen molar-refractivity contribution in [3.05, 3.63) is 16.1 Å². The lowest BCUT2D eigenvalue weighted by molar-refractivity contribution is -0.140. The molecule has 0 aromatic carbocycles. The fraction of sp³-hybridized carbons (Fsp3) is 0.750. The maximum Gasteiger partial charge on any atom is 0.434 e. The zero-order valence-corrected chi connectivity index (χ0v) is 16.3. The number of piperazine rings is 1. The summed E-state index contributed by atoms with van der Waals surface area (Å²) in [6, 6.07) is 0.351. The van der Waals surface area contributed by atoms with Crippen LogP contribution in [0.15, 0.2) is 10.4 Å². The number of thiazole rings is 1. The van der Waals surface area contributed by atoms with Crippen LogP contribution in [-0.2, 0) is 12.7 Å². The van der Waals surface area contributed by atoms with Crippen molar-refractivity contribution in [2.75, 3.05) is 46.3 Å². The predicted octanol–water partition coefficient (Wildman–Crippen LogP) is 1.85. The Morgan fingerprint density at radius 3 is 2.58 bits per heavy atom. The summed E-state index contributed by atoms with van der Waals surface area (Å²) >= 11 is 0.977. The Hall–Kier alpha value is -1.39. The number of guanidine groups is 1. The number of nitrogens with one attached hydrogen (secondary N) is 2. The smallest absolute Gasteiger partial charge is 0.357 e. The molecule has 6 nitrogen and oxygen atoms in total. The maximum atomic E-state index is 12.6. The molecule has 2 heterocycles. The highest BCUT2D eigenvalue weighted by Crippen LogP contribution is 2.30.